The molecule has 4 rings (SSSR count). The van der Waals surface area contributed by atoms with Gasteiger partial charge in [0, 0.05) is 6.42 Å². The highest BCUT2D eigenvalue weighted by Crippen LogP contribution is 2.30. The fourth-order valence-corrected chi connectivity index (χ4v) is 4.08. The summed E-state index contributed by atoms with van der Waals surface area (Å²) < 4.78 is 12.7. The standard InChI is InChI=1S/C21H22N2O3S/c24-20(22-13-15-14-25-17-8-2-3-9-18(17)26-15)11-5-6-12-21-23-16-7-1-4-10-19(16)27-21/h1-4,7-10,15H,5-6,11-14H2,(H,22,24). The van der Waals surface area contributed by atoms with Crippen molar-refractivity contribution in [1.29, 1.82) is 0 Å². The molecule has 6 heteroatoms. The van der Waals surface area contributed by atoms with Crippen LogP contribution in [0.5, 0.6) is 11.5 Å². The molecule has 0 saturated carbocycles. The molecule has 5 nitrogen and oxygen atoms in total. The third-order valence-corrected chi connectivity index (χ3v) is 5.57. The number of fused-ring (bicyclic) bond motifs is 2. The molecule has 1 unspecified atom stereocenters. The van der Waals surface area contributed by atoms with Crippen molar-refractivity contribution in [3.05, 3.63) is 53.5 Å². The second-order valence-electron chi connectivity index (χ2n) is 6.58. The maximum Gasteiger partial charge on any atom is 0.220 e. The molecule has 0 bridgehead atoms. The molecule has 1 N–H and O–H groups in total. The number of rotatable bonds is 7. The highest BCUT2D eigenvalue weighted by atomic mass is 32.1. The lowest BCUT2D eigenvalue weighted by atomic mass is 10.2. The molecule has 3 aromatic rings. The lowest BCUT2D eigenvalue weighted by Crippen LogP contribution is -2.40. The van der Waals surface area contributed by atoms with E-state index in [0.29, 0.717) is 19.6 Å². The second kappa shape index (κ2) is 8.39. The molecule has 0 fully saturated rings. The average Bonchev–Trinajstić information content (AvgIpc) is 3.12. The molecule has 0 aliphatic carbocycles. The number of hydrogen-bond donors (Lipinski definition) is 1. The monoisotopic (exact) mass is 382 g/mol. The molecule has 140 valence electrons. The molecule has 1 aliphatic rings. The minimum Gasteiger partial charge on any atom is -0.486 e. The van der Waals surface area contributed by atoms with Gasteiger partial charge in [0.25, 0.3) is 0 Å². The summed E-state index contributed by atoms with van der Waals surface area (Å²) in [6, 6.07) is 15.8. The van der Waals surface area contributed by atoms with Gasteiger partial charge in [-0.05, 0) is 43.5 Å². The predicted octanol–water partition coefficient (Wildman–Crippen LogP) is 3.97. The van der Waals surface area contributed by atoms with E-state index < -0.39 is 0 Å². The number of ether oxygens (including phenoxy) is 2. The molecule has 1 aromatic heterocycles. The molecular weight excluding hydrogens is 360 g/mol. The maximum atomic E-state index is 12.1. The summed E-state index contributed by atoms with van der Waals surface area (Å²) in [7, 11) is 0. The summed E-state index contributed by atoms with van der Waals surface area (Å²) in [6.07, 6.45) is 3.11. The third-order valence-electron chi connectivity index (χ3n) is 4.48. The van der Waals surface area contributed by atoms with Crippen molar-refractivity contribution in [3.63, 3.8) is 0 Å². The number of carbonyl (C=O) groups is 1. The SMILES string of the molecule is O=C(CCCCc1nc2ccccc2s1)NCC1COc2ccccc2O1. The van der Waals surface area contributed by atoms with Crippen molar-refractivity contribution in [2.24, 2.45) is 0 Å². The Morgan fingerprint density at radius 3 is 2.81 bits per heavy atom. The van der Waals surface area contributed by atoms with Crippen molar-refractivity contribution in [3.8, 4) is 11.5 Å². The zero-order chi connectivity index (χ0) is 18.5. The summed E-state index contributed by atoms with van der Waals surface area (Å²) in [6.45, 7) is 0.917. The van der Waals surface area contributed by atoms with Crippen molar-refractivity contribution in [2.45, 2.75) is 31.8 Å². The number of thiazole rings is 1. The maximum absolute atomic E-state index is 12.1. The first-order valence-electron chi connectivity index (χ1n) is 9.27. The van der Waals surface area contributed by atoms with Crippen LogP contribution in [0.1, 0.15) is 24.3 Å². The van der Waals surface area contributed by atoms with Crippen LogP contribution in [0, 0.1) is 0 Å². The number of carbonyl (C=O) groups excluding carboxylic acids is 1. The summed E-state index contributed by atoms with van der Waals surface area (Å²) in [5, 5.41) is 4.09. The fourth-order valence-electron chi connectivity index (χ4n) is 3.07. The van der Waals surface area contributed by atoms with Crippen LogP contribution in [0.25, 0.3) is 10.2 Å². The van der Waals surface area contributed by atoms with Gasteiger partial charge < -0.3 is 14.8 Å². The van der Waals surface area contributed by atoms with Gasteiger partial charge in [-0.3, -0.25) is 4.79 Å². The molecule has 0 radical (unpaired) electrons. The Bertz CT molecular complexity index is 891. The van der Waals surface area contributed by atoms with Gasteiger partial charge in [-0.25, -0.2) is 4.98 Å². The van der Waals surface area contributed by atoms with Crippen LogP contribution in [0.15, 0.2) is 48.5 Å². The first-order valence-corrected chi connectivity index (χ1v) is 10.1. The Morgan fingerprint density at radius 1 is 1.11 bits per heavy atom. The highest BCUT2D eigenvalue weighted by molar-refractivity contribution is 7.18. The van der Waals surface area contributed by atoms with E-state index in [4.69, 9.17) is 9.47 Å². The van der Waals surface area contributed by atoms with Gasteiger partial charge in [-0.1, -0.05) is 24.3 Å². The van der Waals surface area contributed by atoms with E-state index in [1.54, 1.807) is 11.3 Å². The van der Waals surface area contributed by atoms with Crippen molar-refractivity contribution in [1.82, 2.24) is 10.3 Å². The van der Waals surface area contributed by atoms with Gasteiger partial charge in [0.2, 0.25) is 5.91 Å². The van der Waals surface area contributed by atoms with E-state index in [2.05, 4.69) is 16.4 Å². The van der Waals surface area contributed by atoms with Crippen molar-refractivity contribution < 1.29 is 14.3 Å². The number of nitrogens with one attached hydrogen (secondary N) is 1. The van der Waals surface area contributed by atoms with Crippen molar-refractivity contribution >= 4 is 27.5 Å². The Labute approximate surface area is 162 Å². The quantitative estimate of drug-likeness (QED) is 0.628. The van der Waals surface area contributed by atoms with Crippen LogP contribution in [0.2, 0.25) is 0 Å². The summed E-state index contributed by atoms with van der Waals surface area (Å²) >= 11 is 1.74. The number of aromatic nitrogens is 1. The van der Waals surface area contributed by atoms with Crippen LogP contribution < -0.4 is 14.8 Å². The van der Waals surface area contributed by atoms with Crippen LogP contribution in [-0.4, -0.2) is 30.1 Å². The molecule has 1 amide bonds. The van der Waals surface area contributed by atoms with Gasteiger partial charge in [0.15, 0.2) is 11.5 Å². The zero-order valence-electron chi connectivity index (χ0n) is 15.0. The Kier molecular flexibility index (Phi) is 5.53. The minimum absolute atomic E-state index is 0.0572. The van der Waals surface area contributed by atoms with Crippen LogP contribution in [-0.2, 0) is 11.2 Å². The first-order chi connectivity index (χ1) is 13.3. The number of benzene rings is 2. The van der Waals surface area contributed by atoms with Gasteiger partial charge in [0.1, 0.15) is 12.7 Å². The van der Waals surface area contributed by atoms with E-state index in [9.17, 15) is 4.79 Å². The largest absolute Gasteiger partial charge is 0.486 e. The summed E-state index contributed by atoms with van der Waals surface area (Å²) in [5.74, 6) is 1.55. The van der Waals surface area contributed by atoms with Gasteiger partial charge in [-0.15, -0.1) is 11.3 Å². The first kappa shape index (κ1) is 17.8. The number of hydrogen-bond acceptors (Lipinski definition) is 5. The van der Waals surface area contributed by atoms with E-state index in [-0.39, 0.29) is 12.0 Å². The number of aryl methyl sites for hydroxylation is 1. The number of unbranched alkanes of at least 4 members (excludes halogenated alkanes) is 1. The average molecular weight is 382 g/mol. The van der Waals surface area contributed by atoms with E-state index in [1.807, 2.05) is 42.5 Å². The second-order valence-corrected chi connectivity index (χ2v) is 7.70. The zero-order valence-corrected chi connectivity index (χ0v) is 15.8. The van der Waals surface area contributed by atoms with Gasteiger partial charge in [0.05, 0.1) is 21.8 Å². The topological polar surface area (TPSA) is 60.5 Å². The molecule has 2 heterocycles. The lowest BCUT2D eigenvalue weighted by molar-refractivity contribution is -0.121. The predicted molar refractivity (Wildman–Crippen MR) is 107 cm³/mol. The molecule has 27 heavy (non-hydrogen) atoms. The smallest absolute Gasteiger partial charge is 0.220 e. The molecule has 1 aliphatic heterocycles. The Morgan fingerprint density at radius 2 is 1.93 bits per heavy atom. The number of para-hydroxylation sites is 3. The number of amides is 1. The summed E-state index contributed by atoms with van der Waals surface area (Å²) in [5.41, 5.74) is 1.06. The van der Waals surface area contributed by atoms with Crippen LogP contribution >= 0.6 is 11.3 Å². The normalized spacial score (nSPS) is 15.6. The lowest BCUT2D eigenvalue weighted by Gasteiger charge is -2.26. The Balaban J connectivity index is 1.15. The van der Waals surface area contributed by atoms with Gasteiger partial charge >= 0.3 is 0 Å². The van der Waals surface area contributed by atoms with Crippen LogP contribution in [0.4, 0.5) is 0 Å². The van der Waals surface area contributed by atoms with E-state index >= 15 is 0 Å². The van der Waals surface area contributed by atoms with E-state index in [0.717, 1.165) is 41.3 Å². The fraction of sp³-hybridized carbons (Fsp3) is 0.333. The van der Waals surface area contributed by atoms with Gasteiger partial charge in [-0.2, -0.15) is 0 Å². The Hall–Kier alpha value is -2.60. The summed E-state index contributed by atoms with van der Waals surface area (Å²) in [4.78, 5) is 16.7. The van der Waals surface area contributed by atoms with E-state index in [1.165, 1.54) is 4.70 Å². The molecule has 0 saturated heterocycles. The third kappa shape index (κ3) is 4.57. The molecule has 2 aromatic carbocycles. The highest BCUT2D eigenvalue weighted by Gasteiger charge is 2.20. The molecular formula is C21H22N2O3S. The molecule has 1 atom stereocenters. The number of nitrogens with zero attached hydrogens (tertiary/aromatic N) is 1. The van der Waals surface area contributed by atoms with Crippen molar-refractivity contribution in [2.75, 3.05) is 13.2 Å². The molecule has 0 spiro atoms. The minimum atomic E-state index is -0.147. The van der Waals surface area contributed by atoms with Crippen LogP contribution in [0.3, 0.4) is 0 Å².